The number of ether oxygens (including phenoxy) is 1. The van der Waals surface area contributed by atoms with Gasteiger partial charge in [0.15, 0.2) is 22.2 Å². The molecule has 0 bridgehead atoms. The van der Waals surface area contributed by atoms with E-state index in [1.54, 1.807) is 24.5 Å². The number of aryl methyl sites for hydroxylation is 1. The number of halogens is 1. The molecule has 30 heavy (non-hydrogen) atoms. The van der Waals surface area contributed by atoms with E-state index in [-0.39, 0.29) is 5.91 Å². The third kappa shape index (κ3) is 3.18. The van der Waals surface area contributed by atoms with Crippen LogP contribution in [0.25, 0.3) is 21.2 Å². The van der Waals surface area contributed by atoms with E-state index in [1.807, 2.05) is 42.2 Å². The van der Waals surface area contributed by atoms with Crippen molar-refractivity contribution in [3.05, 3.63) is 52.7 Å². The highest BCUT2D eigenvalue weighted by atomic mass is 35.5. The Hall–Kier alpha value is -2.77. The number of hydrogen-bond donors (Lipinski definition) is 0. The largest absolute Gasteiger partial charge is 0.493 e. The van der Waals surface area contributed by atoms with Gasteiger partial charge in [0.05, 0.1) is 22.3 Å². The number of furan rings is 1. The molecule has 0 spiro atoms. The van der Waals surface area contributed by atoms with Crippen LogP contribution in [0.5, 0.6) is 5.75 Å². The topological polar surface area (TPSA) is 58.8 Å². The number of carbonyl (C=O) groups excluding carboxylic acids is 1. The van der Waals surface area contributed by atoms with Gasteiger partial charge < -0.3 is 19.0 Å². The summed E-state index contributed by atoms with van der Waals surface area (Å²) in [6, 6.07) is 11.3. The highest BCUT2D eigenvalue weighted by molar-refractivity contribution is 7.22. The molecule has 0 unspecified atom stereocenters. The van der Waals surface area contributed by atoms with Crippen LogP contribution in [0.2, 0.25) is 5.02 Å². The van der Waals surface area contributed by atoms with Crippen LogP contribution >= 0.6 is 22.9 Å². The van der Waals surface area contributed by atoms with E-state index in [0.717, 1.165) is 31.3 Å². The summed E-state index contributed by atoms with van der Waals surface area (Å²) in [7, 11) is 1.59. The molecule has 2 aromatic heterocycles. The van der Waals surface area contributed by atoms with E-state index >= 15 is 0 Å². The first-order chi connectivity index (χ1) is 14.5. The van der Waals surface area contributed by atoms with Crippen LogP contribution in [0.4, 0.5) is 5.13 Å². The zero-order valence-electron chi connectivity index (χ0n) is 16.6. The number of anilines is 1. The first kappa shape index (κ1) is 19.2. The summed E-state index contributed by atoms with van der Waals surface area (Å²) >= 11 is 7.95. The first-order valence-corrected chi connectivity index (χ1v) is 10.9. The highest BCUT2D eigenvalue weighted by Gasteiger charge is 2.26. The summed E-state index contributed by atoms with van der Waals surface area (Å²) in [5.74, 6) is 0.864. The molecule has 2 aromatic carbocycles. The lowest BCUT2D eigenvalue weighted by Crippen LogP contribution is -2.48. The molecule has 1 saturated heterocycles. The molecule has 1 fully saturated rings. The van der Waals surface area contributed by atoms with Crippen molar-refractivity contribution in [3.63, 3.8) is 0 Å². The molecule has 1 aliphatic rings. The Morgan fingerprint density at radius 1 is 1.20 bits per heavy atom. The molecule has 0 radical (unpaired) electrons. The van der Waals surface area contributed by atoms with E-state index in [9.17, 15) is 4.79 Å². The molecular weight excluding hydrogens is 422 g/mol. The molecule has 0 N–H and O–H groups in total. The van der Waals surface area contributed by atoms with Crippen molar-refractivity contribution in [1.82, 2.24) is 9.88 Å². The first-order valence-electron chi connectivity index (χ1n) is 9.71. The fourth-order valence-corrected chi connectivity index (χ4v) is 5.15. The Kier molecular flexibility index (Phi) is 4.79. The number of aromatic nitrogens is 1. The van der Waals surface area contributed by atoms with Crippen molar-refractivity contribution in [1.29, 1.82) is 0 Å². The number of fused-ring (bicyclic) bond motifs is 2. The van der Waals surface area contributed by atoms with Gasteiger partial charge in [0, 0.05) is 31.6 Å². The van der Waals surface area contributed by atoms with Gasteiger partial charge in [-0.05, 0) is 30.7 Å². The van der Waals surface area contributed by atoms with Crippen LogP contribution < -0.4 is 9.64 Å². The van der Waals surface area contributed by atoms with Gasteiger partial charge >= 0.3 is 0 Å². The summed E-state index contributed by atoms with van der Waals surface area (Å²) in [4.78, 5) is 21.8. The Labute approximate surface area is 182 Å². The Morgan fingerprint density at radius 2 is 2.00 bits per heavy atom. The van der Waals surface area contributed by atoms with Crippen molar-refractivity contribution >= 4 is 55.2 Å². The quantitative estimate of drug-likeness (QED) is 0.449. The zero-order valence-corrected chi connectivity index (χ0v) is 18.2. The zero-order chi connectivity index (χ0) is 20.8. The number of hydrogen-bond acceptors (Lipinski definition) is 6. The smallest absolute Gasteiger partial charge is 0.289 e. The minimum Gasteiger partial charge on any atom is -0.493 e. The molecule has 1 aliphatic heterocycles. The number of methoxy groups -OCH3 is 1. The van der Waals surface area contributed by atoms with Gasteiger partial charge in [-0.2, -0.15) is 0 Å². The second kappa shape index (κ2) is 7.49. The Morgan fingerprint density at radius 3 is 2.73 bits per heavy atom. The van der Waals surface area contributed by atoms with Crippen molar-refractivity contribution in [2.24, 2.45) is 0 Å². The fraction of sp³-hybridized carbons (Fsp3) is 0.273. The molecule has 6 nitrogen and oxygen atoms in total. The van der Waals surface area contributed by atoms with Crippen LogP contribution in [-0.4, -0.2) is 49.1 Å². The van der Waals surface area contributed by atoms with Gasteiger partial charge in [-0.15, -0.1) is 0 Å². The van der Waals surface area contributed by atoms with Crippen LogP contribution in [0.1, 0.15) is 16.1 Å². The predicted octanol–water partition coefficient (Wildman–Crippen LogP) is 4.98. The van der Waals surface area contributed by atoms with Crippen LogP contribution in [0, 0.1) is 6.92 Å². The van der Waals surface area contributed by atoms with Crippen LogP contribution in [0.3, 0.4) is 0 Å². The number of benzene rings is 2. The highest BCUT2D eigenvalue weighted by Crippen LogP contribution is 2.36. The molecule has 8 heteroatoms. The predicted molar refractivity (Wildman–Crippen MR) is 120 cm³/mol. The maximum atomic E-state index is 13.0. The maximum absolute atomic E-state index is 13.0. The monoisotopic (exact) mass is 441 g/mol. The van der Waals surface area contributed by atoms with Gasteiger partial charge in [0.25, 0.3) is 5.91 Å². The van der Waals surface area contributed by atoms with Crippen molar-refractivity contribution in [3.8, 4) is 5.75 Å². The van der Waals surface area contributed by atoms with E-state index < -0.39 is 0 Å². The third-order valence-electron chi connectivity index (χ3n) is 5.46. The maximum Gasteiger partial charge on any atom is 0.289 e. The molecule has 0 atom stereocenters. The van der Waals surface area contributed by atoms with Crippen molar-refractivity contribution < 1.29 is 13.9 Å². The van der Waals surface area contributed by atoms with E-state index in [4.69, 9.17) is 25.7 Å². The third-order valence-corrected chi connectivity index (χ3v) is 7.04. The van der Waals surface area contributed by atoms with E-state index in [0.29, 0.717) is 43.3 Å². The number of piperazine rings is 1. The Bertz CT molecular complexity index is 1220. The van der Waals surface area contributed by atoms with Gasteiger partial charge in [-0.25, -0.2) is 4.98 Å². The lowest BCUT2D eigenvalue weighted by molar-refractivity contribution is 0.0717. The van der Waals surface area contributed by atoms with E-state index in [1.165, 1.54) is 0 Å². The van der Waals surface area contributed by atoms with Gasteiger partial charge in [-0.3, -0.25) is 4.79 Å². The number of para-hydroxylation sites is 1. The van der Waals surface area contributed by atoms with Crippen LogP contribution in [-0.2, 0) is 0 Å². The minimum absolute atomic E-state index is 0.101. The molecule has 0 saturated carbocycles. The van der Waals surface area contributed by atoms with Gasteiger partial charge in [0.1, 0.15) is 0 Å². The lowest BCUT2D eigenvalue weighted by atomic mass is 10.2. The Balaban J connectivity index is 1.33. The molecular formula is C22H20ClN3O3S. The number of thiazole rings is 1. The standard InChI is InChI=1S/C22H20ClN3O3S/c1-13-6-7-15(23)20-18(13)24-22(30-20)26-10-8-25(9-11-26)21(27)17-12-14-4-3-5-16(28-2)19(14)29-17/h3-7,12H,8-11H2,1-2H3. The number of carbonyl (C=O) groups is 1. The SMILES string of the molecule is COc1cccc2cc(C(=O)N3CCN(c4nc5c(C)ccc(Cl)c5s4)CC3)oc12. The summed E-state index contributed by atoms with van der Waals surface area (Å²) in [5, 5.41) is 2.54. The van der Waals surface area contributed by atoms with Crippen LogP contribution in [0.15, 0.2) is 40.8 Å². The van der Waals surface area contributed by atoms with Gasteiger partial charge in [0.2, 0.25) is 0 Å². The summed E-state index contributed by atoms with van der Waals surface area (Å²) in [6.07, 6.45) is 0. The molecule has 5 rings (SSSR count). The number of amides is 1. The van der Waals surface area contributed by atoms with Gasteiger partial charge in [-0.1, -0.05) is 41.1 Å². The summed E-state index contributed by atoms with van der Waals surface area (Å²) < 4.78 is 12.2. The fourth-order valence-electron chi connectivity index (χ4n) is 3.79. The average Bonchev–Trinajstić information content (AvgIpc) is 3.41. The summed E-state index contributed by atoms with van der Waals surface area (Å²) in [5.41, 5.74) is 2.67. The molecule has 154 valence electrons. The lowest BCUT2D eigenvalue weighted by Gasteiger charge is -2.34. The summed E-state index contributed by atoms with van der Waals surface area (Å²) in [6.45, 7) is 4.68. The van der Waals surface area contributed by atoms with Crippen molar-refractivity contribution in [2.45, 2.75) is 6.92 Å². The van der Waals surface area contributed by atoms with Crippen molar-refractivity contribution in [2.75, 3.05) is 38.2 Å². The second-order valence-corrected chi connectivity index (χ2v) is 8.69. The second-order valence-electron chi connectivity index (χ2n) is 7.31. The minimum atomic E-state index is -0.101. The normalized spacial score (nSPS) is 14.6. The van der Waals surface area contributed by atoms with E-state index in [2.05, 4.69) is 4.90 Å². The molecule has 4 aromatic rings. The molecule has 3 heterocycles. The number of rotatable bonds is 3. The molecule has 1 amide bonds. The molecule has 0 aliphatic carbocycles. The average molecular weight is 442 g/mol. The number of nitrogens with zero attached hydrogens (tertiary/aromatic N) is 3.